The van der Waals surface area contributed by atoms with E-state index in [-0.39, 0.29) is 16.9 Å². The van der Waals surface area contributed by atoms with Gasteiger partial charge < -0.3 is 19.3 Å². The Balaban J connectivity index is 1.53. The van der Waals surface area contributed by atoms with Crippen molar-refractivity contribution in [2.45, 2.75) is 76.6 Å². The molecule has 0 saturated heterocycles. The van der Waals surface area contributed by atoms with Crippen LogP contribution in [0.25, 0.3) is 11.1 Å². The third-order valence-corrected chi connectivity index (χ3v) is 7.47. The van der Waals surface area contributed by atoms with Gasteiger partial charge in [-0.25, -0.2) is 18.0 Å². The number of carbonyl (C=O) groups excluding carboxylic acids is 1. The number of rotatable bonds is 21. The van der Waals surface area contributed by atoms with E-state index in [4.69, 9.17) is 14.2 Å². The van der Waals surface area contributed by atoms with E-state index in [1.54, 1.807) is 18.2 Å². The molecule has 0 aliphatic carbocycles. The molecule has 10 heteroatoms. The maximum absolute atomic E-state index is 15.0. The number of aliphatic hydroxyl groups excluding tert-OH is 1. The van der Waals surface area contributed by atoms with Gasteiger partial charge in [0.05, 0.1) is 13.2 Å². The predicted octanol–water partition coefficient (Wildman–Crippen LogP) is 9.36. The minimum atomic E-state index is -4.33. The fourth-order valence-electron chi connectivity index (χ4n) is 4.95. The molecule has 0 amide bonds. The highest BCUT2D eigenvalue weighted by Gasteiger charge is 2.41. The highest BCUT2D eigenvalue weighted by atomic mass is 19.3. The number of benzene rings is 3. The minimum absolute atomic E-state index is 0.119. The number of halogens is 5. The van der Waals surface area contributed by atoms with E-state index in [1.165, 1.54) is 30.3 Å². The maximum Gasteiger partial charge on any atom is 0.432 e. The third kappa shape index (κ3) is 12.3. The van der Waals surface area contributed by atoms with Gasteiger partial charge >= 0.3 is 12.1 Å². The van der Waals surface area contributed by atoms with Crippen LogP contribution in [-0.4, -0.2) is 30.6 Å². The average Bonchev–Trinajstić information content (AvgIpc) is 3.03. The Hall–Kier alpha value is -4.02. The summed E-state index contributed by atoms with van der Waals surface area (Å²) in [5, 5.41) is 9.27. The SMILES string of the molecule is C=CC(=O)OCCCCCCc1ccc(OC(F)(F)c2c(F)cc(-c3ccc(CCCCCCOC(O)C=C)cc3F)cc2F)cc1. The number of alkyl halides is 2. The van der Waals surface area contributed by atoms with Crippen LogP contribution in [0, 0.1) is 17.5 Å². The number of ether oxygens (including phenoxy) is 3. The van der Waals surface area contributed by atoms with Gasteiger partial charge in [-0.1, -0.05) is 63.1 Å². The van der Waals surface area contributed by atoms with E-state index in [0.29, 0.717) is 43.8 Å². The molecular weight excluding hydrogens is 619 g/mol. The van der Waals surface area contributed by atoms with Crippen LogP contribution in [0.4, 0.5) is 22.0 Å². The van der Waals surface area contributed by atoms with Crippen molar-refractivity contribution in [3.63, 3.8) is 0 Å². The first-order valence-electron chi connectivity index (χ1n) is 15.7. The van der Waals surface area contributed by atoms with Gasteiger partial charge in [0.25, 0.3) is 0 Å². The van der Waals surface area contributed by atoms with Crippen LogP contribution in [0.1, 0.15) is 68.1 Å². The number of unbranched alkanes of at least 4 members (excludes halogenated alkanes) is 6. The lowest BCUT2D eigenvalue weighted by Gasteiger charge is -2.20. The molecule has 254 valence electrons. The van der Waals surface area contributed by atoms with E-state index >= 15 is 0 Å². The van der Waals surface area contributed by atoms with E-state index < -0.39 is 41.4 Å². The molecule has 0 fully saturated rings. The predicted molar refractivity (Wildman–Crippen MR) is 170 cm³/mol. The summed E-state index contributed by atoms with van der Waals surface area (Å²) in [6, 6.07) is 11.5. The van der Waals surface area contributed by atoms with E-state index in [2.05, 4.69) is 13.2 Å². The zero-order valence-electron chi connectivity index (χ0n) is 26.3. The lowest BCUT2D eigenvalue weighted by Crippen LogP contribution is -2.25. The third-order valence-electron chi connectivity index (χ3n) is 7.47. The number of hydrogen-bond donors (Lipinski definition) is 1. The lowest BCUT2D eigenvalue weighted by atomic mass is 9.98. The molecule has 0 heterocycles. The first kappa shape index (κ1) is 37.4. The van der Waals surface area contributed by atoms with Crippen molar-refractivity contribution in [2.75, 3.05) is 13.2 Å². The van der Waals surface area contributed by atoms with Crippen LogP contribution in [0.2, 0.25) is 0 Å². The van der Waals surface area contributed by atoms with Crippen LogP contribution in [0.15, 0.2) is 79.9 Å². The summed E-state index contributed by atoms with van der Waals surface area (Å²) in [5.74, 6) is -4.57. The molecule has 3 aromatic rings. The highest BCUT2D eigenvalue weighted by Crippen LogP contribution is 2.37. The van der Waals surface area contributed by atoms with Crippen LogP contribution in [0.5, 0.6) is 5.75 Å². The molecule has 3 aromatic carbocycles. The molecule has 1 unspecified atom stereocenters. The summed E-state index contributed by atoms with van der Waals surface area (Å²) in [7, 11) is 0. The van der Waals surface area contributed by atoms with Crippen molar-refractivity contribution < 1.29 is 46.1 Å². The Morgan fingerprint density at radius 3 is 1.94 bits per heavy atom. The number of hydrogen-bond acceptors (Lipinski definition) is 5. The van der Waals surface area contributed by atoms with Crippen molar-refractivity contribution in [1.29, 1.82) is 0 Å². The minimum Gasteiger partial charge on any atom is -0.463 e. The number of esters is 1. The summed E-state index contributed by atoms with van der Waals surface area (Å²) in [6.07, 6.45) is 4.89. The largest absolute Gasteiger partial charge is 0.463 e. The molecule has 1 atom stereocenters. The zero-order chi connectivity index (χ0) is 34.2. The number of aliphatic hydroxyl groups is 1. The summed E-state index contributed by atoms with van der Waals surface area (Å²) in [6.45, 7) is 7.47. The van der Waals surface area contributed by atoms with Crippen molar-refractivity contribution in [3.8, 4) is 16.9 Å². The van der Waals surface area contributed by atoms with Gasteiger partial charge in [0, 0.05) is 11.6 Å². The Morgan fingerprint density at radius 2 is 1.34 bits per heavy atom. The van der Waals surface area contributed by atoms with Crippen molar-refractivity contribution in [3.05, 3.63) is 114 Å². The standard InChI is InChI=1S/C37H41F5O5/c1-3-34(43)45-21-11-7-5-9-13-26-15-18-29(19-16-26)47-37(41,42)36-32(39)24-28(25-33(36)40)30-20-17-27(23-31(30)38)14-10-6-8-12-22-46-35(44)4-2/h3-4,15-20,23-25,35,44H,1-2,5-14,21-22H2. The molecule has 0 radical (unpaired) electrons. The molecular formula is C37H41F5O5. The number of carbonyl (C=O) groups is 1. The molecule has 0 aliphatic heterocycles. The molecule has 0 bridgehead atoms. The summed E-state index contributed by atoms with van der Waals surface area (Å²) >= 11 is 0. The second kappa shape index (κ2) is 19.0. The van der Waals surface area contributed by atoms with Crippen LogP contribution < -0.4 is 4.74 Å². The molecule has 0 spiro atoms. The van der Waals surface area contributed by atoms with Gasteiger partial charge in [-0.2, -0.15) is 8.78 Å². The fraction of sp³-hybridized carbons (Fsp3) is 0.378. The van der Waals surface area contributed by atoms with Gasteiger partial charge in [-0.3, -0.25) is 0 Å². The topological polar surface area (TPSA) is 65.0 Å². The van der Waals surface area contributed by atoms with E-state index in [0.717, 1.165) is 63.0 Å². The normalized spacial score (nSPS) is 12.0. The molecule has 3 rings (SSSR count). The Morgan fingerprint density at radius 1 is 0.766 bits per heavy atom. The fourth-order valence-corrected chi connectivity index (χ4v) is 4.95. The molecule has 1 N–H and O–H groups in total. The van der Waals surface area contributed by atoms with Gasteiger partial charge in [0.15, 0.2) is 6.29 Å². The summed E-state index contributed by atoms with van der Waals surface area (Å²) < 4.78 is 89.6. The second-order valence-electron chi connectivity index (χ2n) is 11.1. The average molecular weight is 661 g/mol. The Kier molecular flexibility index (Phi) is 15.1. The zero-order valence-corrected chi connectivity index (χ0v) is 26.3. The number of aryl methyl sites for hydroxylation is 2. The van der Waals surface area contributed by atoms with Gasteiger partial charge in [-0.05, 0) is 91.6 Å². The monoisotopic (exact) mass is 660 g/mol. The smallest absolute Gasteiger partial charge is 0.432 e. The van der Waals surface area contributed by atoms with Crippen LogP contribution in [0.3, 0.4) is 0 Å². The molecule has 0 saturated carbocycles. The highest BCUT2D eigenvalue weighted by molar-refractivity contribution is 5.81. The van der Waals surface area contributed by atoms with Crippen molar-refractivity contribution in [2.24, 2.45) is 0 Å². The van der Waals surface area contributed by atoms with Crippen molar-refractivity contribution >= 4 is 5.97 Å². The molecule has 0 aromatic heterocycles. The molecule has 5 nitrogen and oxygen atoms in total. The van der Waals surface area contributed by atoms with Gasteiger partial charge in [0.1, 0.15) is 28.8 Å². The quantitative estimate of drug-likeness (QED) is 0.0308. The van der Waals surface area contributed by atoms with Gasteiger partial charge in [0.2, 0.25) is 0 Å². The van der Waals surface area contributed by atoms with E-state index in [9.17, 15) is 31.9 Å². The first-order chi connectivity index (χ1) is 22.5. The first-order valence-corrected chi connectivity index (χ1v) is 15.7. The van der Waals surface area contributed by atoms with Crippen LogP contribution in [-0.2, 0) is 33.2 Å². The lowest BCUT2D eigenvalue weighted by molar-refractivity contribution is -0.189. The van der Waals surface area contributed by atoms with Crippen LogP contribution >= 0.6 is 0 Å². The summed E-state index contributed by atoms with van der Waals surface area (Å²) in [5.41, 5.74) is -0.332. The van der Waals surface area contributed by atoms with E-state index in [1.807, 2.05) is 0 Å². The Labute approximate surface area is 272 Å². The summed E-state index contributed by atoms with van der Waals surface area (Å²) in [4.78, 5) is 11.0. The maximum atomic E-state index is 15.0. The molecule has 0 aliphatic rings. The Bertz CT molecular complexity index is 1430. The molecule has 47 heavy (non-hydrogen) atoms. The van der Waals surface area contributed by atoms with Crippen molar-refractivity contribution in [1.82, 2.24) is 0 Å². The second-order valence-corrected chi connectivity index (χ2v) is 11.1. The van der Waals surface area contributed by atoms with Gasteiger partial charge in [-0.15, -0.1) is 0 Å².